The number of aliphatic hydroxyl groups excluding tert-OH is 1. The predicted molar refractivity (Wildman–Crippen MR) is 111 cm³/mol. The van der Waals surface area contributed by atoms with E-state index in [1.54, 1.807) is 36.4 Å². The molecule has 0 spiro atoms. The van der Waals surface area contributed by atoms with Gasteiger partial charge in [-0.25, -0.2) is 0 Å². The van der Waals surface area contributed by atoms with E-state index in [4.69, 9.17) is 9.47 Å². The van der Waals surface area contributed by atoms with Gasteiger partial charge in [0.2, 0.25) is 0 Å². The van der Waals surface area contributed by atoms with E-state index in [1.807, 2.05) is 13.8 Å². The topological polar surface area (TPSA) is 96.3 Å². The van der Waals surface area contributed by atoms with Gasteiger partial charge in [0, 0.05) is 19.2 Å². The standard InChI is InChI=1S/C23H25NO6/c1-14(2)30-18-10-6-16(7-11-18)21(26)19-20(15-4-8-17(25)9-5-15)24(12-13-29-3)23(28)22(19)27/h4-11,14,20,25-26H,12-13H2,1-3H3/b21-19-. The number of amides is 1. The summed E-state index contributed by atoms with van der Waals surface area (Å²) in [5.41, 5.74) is 1.00. The van der Waals surface area contributed by atoms with Crippen molar-refractivity contribution in [3.8, 4) is 11.5 Å². The van der Waals surface area contributed by atoms with Gasteiger partial charge in [0.1, 0.15) is 17.3 Å². The molecule has 1 saturated heterocycles. The third-order valence-corrected chi connectivity index (χ3v) is 4.78. The molecule has 0 aromatic heterocycles. The van der Waals surface area contributed by atoms with Crippen LogP contribution in [-0.2, 0) is 14.3 Å². The molecule has 1 aliphatic heterocycles. The molecule has 1 unspecified atom stereocenters. The normalized spacial score (nSPS) is 18.3. The van der Waals surface area contributed by atoms with Crippen molar-refractivity contribution in [3.05, 3.63) is 65.2 Å². The fraction of sp³-hybridized carbons (Fsp3) is 0.304. The number of carbonyl (C=O) groups excluding carboxylic acids is 2. The lowest BCUT2D eigenvalue weighted by molar-refractivity contribution is -0.140. The molecule has 1 amide bonds. The number of hydrogen-bond donors (Lipinski definition) is 2. The van der Waals surface area contributed by atoms with Gasteiger partial charge >= 0.3 is 0 Å². The number of benzene rings is 2. The van der Waals surface area contributed by atoms with Gasteiger partial charge in [-0.2, -0.15) is 0 Å². The fourth-order valence-electron chi connectivity index (χ4n) is 3.42. The molecule has 1 heterocycles. The van der Waals surface area contributed by atoms with Gasteiger partial charge in [0.05, 0.1) is 24.3 Å². The van der Waals surface area contributed by atoms with E-state index in [0.29, 0.717) is 16.9 Å². The molecular weight excluding hydrogens is 386 g/mol. The van der Waals surface area contributed by atoms with E-state index in [9.17, 15) is 19.8 Å². The Hall–Kier alpha value is -3.32. The molecule has 0 aliphatic carbocycles. The van der Waals surface area contributed by atoms with Crippen molar-refractivity contribution in [1.82, 2.24) is 4.90 Å². The second kappa shape index (κ2) is 9.00. The fourth-order valence-corrected chi connectivity index (χ4v) is 3.42. The van der Waals surface area contributed by atoms with Crippen LogP contribution in [0.3, 0.4) is 0 Å². The molecule has 2 N–H and O–H groups in total. The lowest BCUT2D eigenvalue weighted by Crippen LogP contribution is -2.32. The van der Waals surface area contributed by atoms with Crippen molar-refractivity contribution in [2.24, 2.45) is 0 Å². The molecule has 158 valence electrons. The van der Waals surface area contributed by atoms with Gasteiger partial charge in [-0.1, -0.05) is 12.1 Å². The van der Waals surface area contributed by atoms with Crippen molar-refractivity contribution in [1.29, 1.82) is 0 Å². The number of aromatic hydroxyl groups is 1. The molecule has 0 radical (unpaired) electrons. The number of aliphatic hydroxyl groups is 1. The van der Waals surface area contributed by atoms with Crippen LogP contribution in [0.5, 0.6) is 11.5 Å². The molecule has 2 aromatic carbocycles. The molecule has 2 aromatic rings. The molecule has 0 saturated carbocycles. The van der Waals surface area contributed by atoms with Gasteiger partial charge < -0.3 is 24.6 Å². The second-order valence-electron chi connectivity index (χ2n) is 7.27. The monoisotopic (exact) mass is 411 g/mol. The third kappa shape index (κ3) is 4.31. The summed E-state index contributed by atoms with van der Waals surface area (Å²) in [4.78, 5) is 26.9. The first-order chi connectivity index (χ1) is 14.3. The summed E-state index contributed by atoms with van der Waals surface area (Å²) < 4.78 is 10.7. The van der Waals surface area contributed by atoms with Crippen LogP contribution in [0.1, 0.15) is 31.0 Å². The summed E-state index contributed by atoms with van der Waals surface area (Å²) in [6.45, 7) is 4.24. The molecule has 7 nitrogen and oxygen atoms in total. The van der Waals surface area contributed by atoms with Crippen molar-refractivity contribution in [3.63, 3.8) is 0 Å². The predicted octanol–water partition coefficient (Wildman–Crippen LogP) is 3.25. The first-order valence-corrected chi connectivity index (χ1v) is 9.67. The Balaban J connectivity index is 2.07. The molecule has 1 fully saturated rings. The van der Waals surface area contributed by atoms with Gasteiger partial charge in [0.25, 0.3) is 11.7 Å². The molecule has 1 atom stereocenters. The molecule has 30 heavy (non-hydrogen) atoms. The van der Waals surface area contributed by atoms with E-state index in [1.165, 1.54) is 24.1 Å². The minimum atomic E-state index is -0.785. The van der Waals surface area contributed by atoms with Crippen LogP contribution in [-0.4, -0.2) is 53.2 Å². The minimum Gasteiger partial charge on any atom is -0.508 e. The zero-order valence-corrected chi connectivity index (χ0v) is 17.2. The highest BCUT2D eigenvalue weighted by atomic mass is 16.5. The number of nitrogens with zero attached hydrogens (tertiary/aromatic N) is 1. The van der Waals surface area contributed by atoms with Crippen molar-refractivity contribution in [2.75, 3.05) is 20.3 Å². The van der Waals surface area contributed by atoms with Crippen LogP contribution in [0.15, 0.2) is 54.1 Å². The van der Waals surface area contributed by atoms with Crippen LogP contribution in [0, 0.1) is 0 Å². The first kappa shape index (κ1) is 21.4. The lowest BCUT2D eigenvalue weighted by atomic mass is 9.95. The van der Waals surface area contributed by atoms with Crippen molar-refractivity contribution in [2.45, 2.75) is 26.0 Å². The van der Waals surface area contributed by atoms with Gasteiger partial charge in [-0.15, -0.1) is 0 Å². The van der Waals surface area contributed by atoms with E-state index in [-0.39, 0.29) is 36.3 Å². The zero-order valence-electron chi connectivity index (χ0n) is 17.2. The number of hydrogen-bond acceptors (Lipinski definition) is 6. The Morgan fingerprint density at radius 3 is 2.27 bits per heavy atom. The van der Waals surface area contributed by atoms with Crippen LogP contribution in [0.4, 0.5) is 0 Å². The quantitative estimate of drug-likeness (QED) is 0.413. The number of carbonyl (C=O) groups is 2. The number of rotatable bonds is 7. The molecule has 0 bridgehead atoms. The number of methoxy groups -OCH3 is 1. The average Bonchev–Trinajstić information content (AvgIpc) is 2.97. The SMILES string of the molecule is COCCN1C(=O)C(=O)/C(=C(\O)c2ccc(OC(C)C)cc2)C1c1ccc(O)cc1. The molecule has 7 heteroatoms. The molecule has 1 aliphatic rings. The lowest BCUT2D eigenvalue weighted by Gasteiger charge is -2.25. The van der Waals surface area contributed by atoms with E-state index >= 15 is 0 Å². The summed E-state index contributed by atoms with van der Waals surface area (Å²) >= 11 is 0. The second-order valence-corrected chi connectivity index (χ2v) is 7.27. The molecular formula is C23H25NO6. The highest BCUT2D eigenvalue weighted by Gasteiger charge is 2.45. The minimum absolute atomic E-state index is 0.000629. The van der Waals surface area contributed by atoms with Crippen LogP contribution < -0.4 is 4.74 Å². The Kier molecular flexibility index (Phi) is 6.42. The summed E-state index contributed by atoms with van der Waals surface area (Å²) in [7, 11) is 1.51. The maximum Gasteiger partial charge on any atom is 0.295 e. The van der Waals surface area contributed by atoms with Crippen LogP contribution in [0.25, 0.3) is 5.76 Å². The van der Waals surface area contributed by atoms with E-state index < -0.39 is 17.7 Å². The number of likely N-dealkylation sites (tertiary alicyclic amines) is 1. The van der Waals surface area contributed by atoms with E-state index in [2.05, 4.69) is 0 Å². The van der Waals surface area contributed by atoms with Crippen molar-refractivity contribution >= 4 is 17.4 Å². The Morgan fingerprint density at radius 2 is 1.70 bits per heavy atom. The van der Waals surface area contributed by atoms with Gasteiger partial charge in [0.15, 0.2) is 0 Å². The largest absolute Gasteiger partial charge is 0.508 e. The van der Waals surface area contributed by atoms with Crippen LogP contribution >= 0.6 is 0 Å². The maximum absolute atomic E-state index is 12.8. The first-order valence-electron chi connectivity index (χ1n) is 9.67. The number of Topliss-reactive ketones (excluding diaryl/α,β-unsaturated/α-hetero) is 1. The highest BCUT2D eigenvalue weighted by molar-refractivity contribution is 6.46. The van der Waals surface area contributed by atoms with Crippen LogP contribution in [0.2, 0.25) is 0 Å². The van der Waals surface area contributed by atoms with Crippen molar-refractivity contribution < 1.29 is 29.3 Å². The summed E-state index contributed by atoms with van der Waals surface area (Å²) in [6, 6.07) is 12.1. The van der Waals surface area contributed by atoms with Gasteiger partial charge in [-0.05, 0) is 55.8 Å². The van der Waals surface area contributed by atoms with E-state index in [0.717, 1.165) is 0 Å². The summed E-state index contributed by atoms with van der Waals surface area (Å²) in [5.74, 6) is -1.02. The number of ketones is 1. The maximum atomic E-state index is 12.8. The third-order valence-electron chi connectivity index (χ3n) is 4.78. The number of ether oxygens (including phenoxy) is 2. The molecule has 3 rings (SSSR count). The van der Waals surface area contributed by atoms with Gasteiger partial charge in [-0.3, -0.25) is 9.59 Å². The average molecular weight is 411 g/mol. The Bertz CT molecular complexity index is 947. The summed E-state index contributed by atoms with van der Waals surface area (Å²) in [6.07, 6.45) is 0.00468. The number of phenolic OH excluding ortho intramolecular Hbond substituents is 1. The zero-order chi connectivity index (χ0) is 21.8. The highest BCUT2D eigenvalue weighted by Crippen LogP contribution is 2.39. The smallest absolute Gasteiger partial charge is 0.295 e. The summed E-state index contributed by atoms with van der Waals surface area (Å²) in [5, 5.41) is 20.6. The number of phenols is 1. The Labute approximate surface area is 175 Å². The Morgan fingerprint density at radius 1 is 1.07 bits per heavy atom.